The molecule has 8 nitrogen and oxygen atoms in total. The first kappa shape index (κ1) is 16.2. The van der Waals surface area contributed by atoms with Crippen molar-refractivity contribution in [2.45, 2.75) is 32.4 Å². The lowest BCUT2D eigenvalue weighted by atomic mass is 10.0. The van der Waals surface area contributed by atoms with Gasteiger partial charge in [-0.1, -0.05) is 13.8 Å². The van der Waals surface area contributed by atoms with Gasteiger partial charge < -0.3 is 26.6 Å². The van der Waals surface area contributed by atoms with E-state index < -0.39 is 30.1 Å². The monoisotopic (exact) mass is 261 g/mol. The summed E-state index contributed by atoms with van der Waals surface area (Å²) in [6.07, 6.45) is -1.63. The average molecular weight is 261 g/mol. The minimum Gasteiger partial charge on any atom is -0.479 e. The first-order valence-electron chi connectivity index (χ1n) is 5.50. The molecule has 2 atom stereocenters. The van der Waals surface area contributed by atoms with E-state index in [2.05, 4.69) is 10.6 Å². The SMILES string of the molecule is CC(C)C(NC(N)=O)C(=O)NCCC(O)C(=O)O. The zero-order valence-electron chi connectivity index (χ0n) is 10.3. The summed E-state index contributed by atoms with van der Waals surface area (Å²) in [6, 6.07) is -1.60. The Labute approximate surface area is 105 Å². The number of carboxylic acids is 1. The zero-order valence-corrected chi connectivity index (χ0v) is 10.3. The molecule has 0 aromatic rings. The molecule has 0 spiro atoms. The van der Waals surface area contributed by atoms with E-state index in [9.17, 15) is 14.4 Å². The minimum absolute atomic E-state index is 0.00401. The van der Waals surface area contributed by atoms with Crippen LogP contribution in [0.5, 0.6) is 0 Å². The molecule has 6 N–H and O–H groups in total. The molecule has 0 saturated heterocycles. The van der Waals surface area contributed by atoms with Gasteiger partial charge in [-0.3, -0.25) is 4.79 Å². The molecule has 104 valence electrons. The number of carboxylic acid groups (broad SMARTS) is 1. The van der Waals surface area contributed by atoms with Crippen LogP contribution in [0.1, 0.15) is 20.3 Å². The Morgan fingerprint density at radius 2 is 1.83 bits per heavy atom. The molecule has 0 saturated carbocycles. The first-order valence-corrected chi connectivity index (χ1v) is 5.50. The van der Waals surface area contributed by atoms with Gasteiger partial charge in [-0.15, -0.1) is 0 Å². The normalized spacial score (nSPS) is 13.8. The van der Waals surface area contributed by atoms with Gasteiger partial charge in [0.2, 0.25) is 5.91 Å². The second-order valence-corrected chi connectivity index (χ2v) is 4.16. The van der Waals surface area contributed by atoms with E-state index in [1.54, 1.807) is 13.8 Å². The summed E-state index contributed by atoms with van der Waals surface area (Å²) in [5.74, 6) is -1.98. The molecule has 0 aliphatic rings. The van der Waals surface area contributed by atoms with Gasteiger partial charge in [0.25, 0.3) is 0 Å². The second-order valence-electron chi connectivity index (χ2n) is 4.16. The van der Waals surface area contributed by atoms with Gasteiger partial charge in [0, 0.05) is 13.0 Å². The predicted octanol–water partition coefficient (Wildman–Crippen LogP) is -1.37. The van der Waals surface area contributed by atoms with Crippen molar-refractivity contribution in [1.29, 1.82) is 0 Å². The zero-order chi connectivity index (χ0) is 14.3. The third-order valence-corrected chi connectivity index (χ3v) is 2.25. The van der Waals surface area contributed by atoms with Gasteiger partial charge in [-0.05, 0) is 5.92 Å². The maximum absolute atomic E-state index is 11.7. The number of nitrogens with one attached hydrogen (secondary N) is 2. The number of aliphatic carboxylic acids is 1. The highest BCUT2D eigenvalue weighted by Crippen LogP contribution is 2.01. The molecule has 2 unspecified atom stereocenters. The molecule has 0 rings (SSSR count). The molecule has 0 aromatic heterocycles. The maximum atomic E-state index is 11.7. The molecule has 0 heterocycles. The van der Waals surface area contributed by atoms with Crippen LogP contribution < -0.4 is 16.4 Å². The molecule has 0 bridgehead atoms. The molecule has 0 aliphatic heterocycles. The predicted molar refractivity (Wildman–Crippen MR) is 62.6 cm³/mol. The Kier molecular flexibility index (Phi) is 6.73. The van der Waals surface area contributed by atoms with E-state index in [0.717, 1.165) is 0 Å². The lowest BCUT2D eigenvalue weighted by molar-refractivity contribution is -0.147. The van der Waals surface area contributed by atoms with E-state index in [4.69, 9.17) is 15.9 Å². The van der Waals surface area contributed by atoms with Crippen molar-refractivity contribution in [3.05, 3.63) is 0 Å². The molecule has 18 heavy (non-hydrogen) atoms. The van der Waals surface area contributed by atoms with Gasteiger partial charge in [0.05, 0.1) is 0 Å². The highest BCUT2D eigenvalue weighted by Gasteiger charge is 2.23. The number of amides is 3. The van der Waals surface area contributed by atoms with Crippen LogP contribution in [0.2, 0.25) is 0 Å². The largest absolute Gasteiger partial charge is 0.479 e. The molecule has 8 heteroatoms. The third-order valence-electron chi connectivity index (χ3n) is 2.25. The quantitative estimate of drug-likeness (QED) is 0.384. The summed E-state index contributed by atoms with van der Waals surface area (Å²) >= 11 is 0. The van der Waals surface area contributed by atoms with E-state index in [-0.39, 0.29) is 18.9 Å². The summed E-state index contributed by atoms with van der Waals surface area (Å²) in [6.45, 7) is 3.45. The summed E-state index contributed by atoms with van der Waals surface area (Å²) in [5.41, 5.74) is 4.94. The number of hydrogen-bond donors (Lipinski definition) is 5. The number of carbonyl (C=O) groups excluding carboxylic acids is 2. The number of rotatable bonds is 7. The van der Waals surface area contributed by atoms with Gasteiger partial charge in [-0.25, -0.2) is 9.59 Å². The number of urea groups is 1. The molecule has 0 aliphatic carbocycles. The molecular formula is C10H19N3O5. The van der Waals surface area contributed by atoms with Crippen molar-refractivity contribution in [2.24, 2.45) is 11.7 Å². The standard InChI is InChI=1S/C10H19N3O5/c1-5(2)7(13-10(11)18)8(15)12-4-3-6(14)9(16)17/h5-7,14H,3-4H2,1-2H3,(H,12,15)(H,16,17)(H3,11,13,18). The Morgan fingerprint density at radius 3 is 2.22 bits per heavy atom. The fraction of sp³-hybridized carbons (Fsp3) is 0.700. The summed E-state index contributed by atoms with van der Waals surface area (Å²) in [7, 11) is 0. The summed E-state index contributed by atoms with van der Waals surface area (Å²) in [5, 5.41) is 22.1. The Balaban J connectivity index is 4.19. The average Bonchev–Trinajstić information content (AvgIpc) is 2.24. The maximum Gasteiger partial charge on any atom is 0.332 e. The Hall–Kier alpha value is -1.83. The highest BCUT2D eigenvalue weighted by atomic mass is 16.4. The fourth-order valence-corrected chi connectivity index (χ4v) is 1.25. The van der Waals surface area contributed by atoms with Crippen LogP contribution in [0.25, 0.3) is 0 Å². The number of aliphatic hydroxyl groups is 1. The minimum atomic E-state index is -1.52. The van der Waals surface area contributed by atoms with Gasteiger partial charge in [-0.2, -0.15) is 0 Å². The van der Waals surface area contributed by atoms with E-state index in [1.165, 1.54) is 0 Å². The van der Waals surface area contributed by atoms with Crippen molar-refractivity contribution in [3.8, 4) is 0 Å². The second kappa shape index (κ2) is 7.49. The number of aliphatic hydroxyl groups excluding tert-OH is 1. The van der Waals surface area contributed by atoms with Gasteiger partial charge in [0.15, 0.2) is 6.10 Å². The van der Waals surface area contributed by atoms with Crippen molar-refractivity contribution in [2.75, 3.05) is 6.54 Å². The summed E-state index contributed by atoms with van der Waals surface area (Å²) < 4.78 is 0. The van der Waals surface area contributed by atoms with Crippen LogP contribution in [0.15, 0.2) is 0 Å². The van der Waals surface area contributed by atoms with Crippen LogP contribution in [0.4, 0.5) is 4.79 Å². The smallest absolute Gasteiger partial charge is 0.332 e. The van der Waals surface area contributed by atoms with E-state index >= 15 is 0 Å². The Bertz CT molecular complexity index is 319. The molecule has 0 aromatic carbocycles. The lowest BCUT2D eigenvalue weighted by Crippen LogP contribution is -2.51. The molecular weight excluding hydrogens is 242 g/mol. The van der Waals surface area contributed by atoms with Crippen molar-refractivity contribution >= 4 is 17.9 Å². The first-order chi connectivity index (χ1) is 8.25. The fourth-order valence-electron chi connectivity index (χ4n) is 1.25. The highest BCUT2D eigenvalue weighted by molar-refractivity contribution is 5.86. The van der Waals surface area contributed by atoms with Gasteiger partial charge >= 0.3 is 12.0 Å². The van der Waals surface area contributed by atoms with Crippen molar-refractivity contribution in [3.63, 3.8) is 0 Å². The van der Waals surface area contributed by atoms with Crippen molar-refractivity contribution < 1.29 is 24.6 Å². The number of hydrogen-bond acceptors (Lipinski definition) is 4. The van der Waals surface area contributed by atoms with Crippen LogP contribution >= 0.6 is 0 Å². The molecule has 0 radical (unpaired) electrons. The number of carbonyl (C=O) groups is 3. The molecule has 3 amide bonds. The van der Waals surface area contributed by atoms with Crippen LogP contribution in [-0.4, -0.2) is 46.8 Å². The summed E-state index contributed by atoms with van der Waals surface area (Å²) in [4.78, 5) is 32.7. The van der Waals surface area contributed by atoms with Crippen molar-refractivity contribution in [1.82, 2.24) is 10.6 Å². The number of nitrogens with two attached hydrogens (primary N) is 1. The van der Waals surface area contributed by atoms with Crippen LogP contribution in [0, 0.1) is 5.92 Å². The van der Waals surface area contributed by atoms with Crippen LogP contribution in [0.3, 0.4) is 0 Å². The molecule has 0 fully saturated rings. The topological polar surface area (TPSA) is 142 Å². The van der Waals surface area contributed by atoms with Crippen LogP contribution in [-0.2, 0) is 9.59 Å². The number of primary amides is 1. The lowest BCUT2D eigenvalue weighted by Gasteiger charge is -2.20. The Morgan fingerprint density at radius 1 is 1.28 bits per heavy atom. The third kappa shape index (κ3) is 6.04. The van der Waals surface area contributed by atoms with E-state index in [1.807, 2.05) is 0 Å². The van der Waals surface area contributed by atoms with E-state index in [0.29, 0.717) is 0 Å². The van der Waals surface area contributed by atoms with Gasteiger partial charge in [0.1, 0.15) is 6.04 Å².